The Morgan fingerprint density at radius 1 is 0.288 bits per heavy atom. The Kier molecular flexibility index (Phi) is 55.0. The van der Waals surface area contributed by atoms with Crippen LogP contribution in [0.3, 0.4) is 0 Å². The molecular weight excluding hydrogens is 957 g/mol. The number of unbranched alkanes of at least 4 members (excludes halogenated alkanes) is 3. The normalized spacial score (nSPS) is 11.9. The Morgan fingerprint density at radius 3 is 0.726 bits per heavy atom. The van der Waals surface area contributed by atoms with Crippen LogP contribution in [0.1, 0.15) is 58.4 Å². The minimum Gasteiger partial charge on any atom is -0.491 e. The van der Waals surface area contributed by atoms with Gasteiger partial charge in [0.15, 0.2) is 0 Å². The minimum absolute atomic E-state index is 0.0199. The predicted octanol–water partition coefficient (Wildman–Crippen LogP) is 4.60. The molecule has 0 atom stereocenters. The lowest BCUT2D eigenvalue weighted by Gasteiger charge is -2.25. The quantitative estimate of drug-likeness (QED) is 0.0888. The zero-order valence-corrected chi connectivity index (χ0v) is 45.4. The standard InChI is InChI=1S/C53H100O20/c1-4-5-6-7-12-53(2,3)51-8-10-52(11-9-51)73-50-49-72-48-47-71-46-45-70-44-43-69-42-41-68-40-39-67-38-37-66-36-35-65-34-33-64-32-31-63-30-29-62-28-27-61-26-25-60-24-23-59-22-21-58-20-19-57-18-17-56-16-15-55-14-13-54/h8-11,54H,4-7,12-50H2,1-3H3. The van der Waals surface area contributed by atoms with E-state index in [1.165, 1.54) is 37.7 Å². The number of hydrogen-bond acceptors (Lipinski definition) is 20. The molecule has 1 rings (SSSR count). The molecule has 0 aliphatic carbocycles. The largest absolute Gasteiger partial charge is 0.491 e. The van der Waals surface area contributed by atoms with Crippen LogP contribution in [-0.4, -0.2) is 256 Å². The second-order valence-corrected chi connectivity index (χ2v) is 16.8. The fourth-order valence-corrected chi connectivity index (χ4v) is 6.26. The summed E-state index contributed by atoms with van der Waals surface area (Å²) in [6, 6.07) is 8.49. The Morgan fingerprint density at radius 2 is 0.507 bits per heavy atom. The second kappa shape index (κ2) is 58.0. The number of rotatable bonds is 63. The van der Waals surface area contributed by atoms with Crippen molar-refractivity contribution in [2.75, 3.05) is 251 Å². The van der Waals surface area contributed by atoms with Crippen molar-refractivity contribution >= 4 is 0 Å². The van der Waals surface area contributed by atoms with E-state index in [0.29, 0.717) is 244 Å². The van der Waals surface area contributed by atoms with E-state index in [4.69, 9.17) is 95.1 Å². The van der Waals surface area contributed by atoms with Crippen LogP contribution in [-0.2, 0) is 90.7 Å². The lowest BCUT2D eigenvalue weighted by molar-refractivity contribution is -0.0311. The van der Waals surface area contributed by atoms with Crippen molar-refractivity contribution in [1.82, 2.24) is 0 Å². The average molecular weight is 1060 g/mol. The molecule has 73 heavy (non-hydrogen) atoms. The summed E-state index contributed by atoms with van der Waals surface area (Å²) >= 11 is 0. The van der Waals surface area contributed by atoms with Crippen LogP contribution in [0.5, 0.6) is 5.75 Å². The fraction of sp³-hybridized carbons (Fsp3) is 0.887. The first-order valence-corrected chi connectivity index (χ1v) is 26.8. The summed E-state index contributed by atoms with van der Waals surface area (Å²) in [4.78, 5) is 0. The van der Waals surface area contributed by atoms with Gasteiger partial charge in [-0.2, -0.15) is 0 Å². The van der Waals surface area contributed by atoms with Crippen molar-refractivity contribution in [2.24, 2.45) is 0 Å². The molecule has 0 aliphatic heterocycles. The first-order valence-electron chi connectivity index (χ1n) is 26.8. The van der Waals surface area contributed by atoms with Gasteiger partial charge in [0.2, 0.25) is 0 Å². The zero-order chi connectivity index (χ0) is 52.3. The van der Waals surface area contributed by atoms with Crippen LogP contribution in [0.4, 0.5) is 0 Å². The highest BCUT2D eigenvalue weighted by molar-refractivity contribution is 5.31. The van der Waals surface area contributed by atoms with Crippen LogP contribution in [0.15, 0.2) is 24.3 Å². The topological polar surface area (TPSA) is 196 Å². The molecule has 1 N–H and O–H groups in total. The van der Waals surface area contributed by atoms with Crippen LogP contribution >= 0.6 is 0 Å². The predicted molar refractivity (Wildman–Crippen MR) is 276 cm³/mol. The van der Waals surface area contributed by atoms with Crippen LogP contribution in [0.2, 0.25) is 0 Å². The third-order valence-corrected chi connectivity index (χ3v) is 10.3. The SMILES string of the molecule is CCCCCCC(C)(C)c1ccc(OCCOCCOCCOCCOCCOCCOCCOCCOCCOCCOCCOCCOCCOCCOCCOCCOCCOCCOCCO)cc1. The summed E-state index contributed by atoms with van der Waals surface area (Å²) in [7, 11) is 0. The van der Waals surface area contributed by atoms with Gasteiger partial charge in [0.05, 0.1) is 244 Å². The molecule has 0 spiro atoms. The summed E-state index contributed by atoms with van der Waals surface area (Å²) in [5, 5.41) is 8.61. The maximum absolute atomic E-state index is 8.61. The Balaban J connectivity index is 1.65. The van der Waals surface area contributed by atoms with Crippen molar-refractivity contribution in [1.29, 1.82) is 0 Å². The highest BCUT2D eigenvalue weighted by atomic mass is 16.6. The lowest BCUT2D eigenvalue weighted by Crippen LogP contribution is -2.17. The molecule has 0 saturated heterocycles. The molecule has 0 saturated carbocycles. The molecule has 0 aromatic heterocycles. The van der Waals surface area contributed by atoms with E-state index in [1.807, 2.05) is 0 Å². The molecule has 0 amide bonds. The van der Waals surface area contributed by atoms with Crippen molar-refractivity contribution < 1.29 is 95.1 Å². The molecule has 20 heteroatoms. The van der Waals surface area contributed by atoms with E-state index < -0.39 is 0 Å². The van der Waals surface area contributed by atoms with Gasteiger partial charge in [-0.25, -0.2) is 0 Å². The highest BCUT2D eigenvalue weighted by Gasteiger charge is 2.20. The van der Waals surface area contributed by atoms with Crippen LogP contribution < -0.4 is 4.74 Å². The summed E-state index contributed by atoms with van der Waals surface area (Å²) in [6.45, 7) is 25.1. The molecule has 0 aliphatic rings. The van der Waals surface area contributed by atoms with Crippen molar-refractivity contribution in [3.63, 3.8) is 0 Å². The average Bonchev–Trinajstić information content (AvgIpc) is 3.40. The number of ether oxygens (including phenoxy) is 19. The summed E-state index contributed by atoms with van der Waals surface area (Å²) in [5.74, 6) is 0.870. The molecule has 0 radical (unpaired) electrons. The maximum atomic E-state index is 8.61. The summed E-state index contributed by atoms with van der Waals surface area (Å²) < 4.78 is 105. The van der Waals surface area contributed by atoms with Gasteiger partial charge in [0, 0.05) is 0 Å². The van der Waals surface area contributed by atoms with Gasteiger partial charge in [-0.1, -0.05) is 58.6 Å². The summed E-state index contributed by atoms with van der Waals surface area (Å²) in [5.41, 5.74) is 1.54. The lowest BCUT2D eigenvalue weighted by atomic mass is 9.80. The molecule has 432 valence electrons. The second-order valence-electron chi connectivity index (χ2n) is 16.8. The Hall–Kier alpha value is -1.74. The van der Waals surface area contributed by atoms with E-state index in [0.717, 1.165) is 5.75 Å². The molecule has 1 aromatic rings. The van der Waals surface area contributed by atoms with Gasteiger partial charge in [0.1, 0.15) is 12.4 Å². The number of aliphatic hydroxyl groups excluding tert-OH is 1. The molecule has 20 nitrogen and oxygen atoms in total. The minimum atomic E-state index is 0.0199. The molecule has 1 aromatic carbocycles. The molecule has 0 fully saturated rings. The van der Waals surface area contributed by atoms with E-state index in [9.17, 15) is 0 Å². The first kappa shape index (κ1) is 69.3. The molecule has 0 bridgehead atoms. The van der Waals surface area contributed by atoms with Crippen molar-refractivity contribution in [2.45, 2.75) is 58.3 Å². The van der Waals surface area contributed by atoms with E-state index >= 15 is 0 Å². The van der Waals surface area contributed by atoms with E-state index in [2.05, 4.69) is 45.0 Å². The van der Waals surface area contributed by atoms with Crippen LogP contribution in [0.25, 0.3) is 0 Å². The van der Waals surface area contributed by atoms with Gasteiger partial charge in [-0.15, -0.1) is 0 Å². The van der Waals surface area contributed by atoms with E-state index in [1.54, 1.807) is 0 Å². The molecular formula is C53H100O20. The third-order valence-electron chi connectivity index (χ3n) is 10.3. The Bertz CT molecular complexity index is 1190. The van der Waals surface area contributed by atoms with Gasteiger partial charge >= 0.3 is 0 Å². The number of aliphatic hydroxyl groups is 1. The number of benzene rings is 1. The maximum Gasteiger partial charge on any atom is 0.119 e. The van der Waals surface area contributed by atoms with Crippen molar-refractivity contribution in [3.8, 4) is 5.75 Å². The molecule has 0 heterocycles. The fourth-order valence-electron chi connectivity index (χ4n) is 6.26. The van der Waals surface area contributed by atoms with Gasteiger partial charge in [-0.05, 0) is 29.5 Å². The monoisotopic (exact) mass is 1060 g/mol. The highest BCUT2D eigenvalue weighted by Crippen LogP contribution is 2.30. The van der Waals surface area contributed by atoms with Gasteiger partial charge < -0.3 is 95.1 Å². The smallest absolute Gasteiger partial charge is 0.119 e. The van der Waals surface area contributed by atoms with Crippen molar-refractivity contribution in [3.05, 3.63) is 29.8 Å². The Labute approximate surface area is 439 Å². The van der Waals surface area contributed by atoms with Gasteiger partial charge in [0.25, 0.3) is 0 Å². The first-order chi connectivity index (χ1) is 36.1. The third kappa shape index (κ3) is 52.1. The van der Waals surface area contributed by atoms with E-state index in [-0.39, 0.29) is 12.0 Å². The van der Waals surface area contributed by atoms with Crippen LogP contribution in [0, 0.1) is 0 Å². The van der Waals surface area contributed by atoms with Gasteiger partial charge in [-0.3, -0.25) is 0 Å². The number of hydrogen-bond donors (Lipinski definition) is 1. The zero-order valence-electron chi connectivity index (χ0n) is 45.4. The summed E-state index contributed by atoms with van der Waals surface area (Å²) in [6.07, 6.45) is 6.37. The molecule has 0 unspecified atom stereocenters.